The standard InChI is InChI=1S/C16H17NO3/c18-13-8-6-11-7-9-15(19)17(14(11)10-13)16(20)12-4-2-1-3-5-12/h1-5,11,14H,6-10H2. The fourth-order valence-corrected chi connectivity index (χ4v) is 3.28. The Bertz CT molecular complexity index is 550. The summed E-state index contributed by atoms with van der Waals surface area (Å²) in [5.41, 5.74) is 0.513. The molecule has 4 heteroatoms. The lowest BCUT2D eigenvalue weighted by Gasteiger charge is -2.42. The molecule has 104 valence electrons. The van der Waals surface area contributed by atoms with Gasteiger partial charge < -0.3 is 0 Å². The fraction of sp³-hybridized carbons (Fsp3) is 0.438. The Balaban J connectivity index is 1.90. The molecule has 1 saturated heterocycles. The lowest BCUT2D eigenvalue weighted by atomic mass is 9.77. The van der Waals surface area contributed by atoms with Crippen molar-refractivity contribution in [1.29, 1.82) is 0 Å². The number of Topliss-reactive ketones (excluding diaryl/α,β-unsaturated/α-hetero) is 1. The van der Waals surface area contributed by atoms with Gasteiger partial charge in [-0.05, 0) is 30.9 Å². The molecule has 1 saturated carbocycles. The quantitative estimate of drug-likeness (QED) is 0.736. The van der Waals surface area contributed by atoms with Crippen LogP contribution in [-0.2, 0) is 9.59 Å². The van der Waals surface area contributed by atoms with E-state index in [1.54, 1.807) is 24.3 Å². The molecule has 1 aliphatic carbocycles. The van der Waals surface area contributed by atoms with Crippen LogP contribution < -0.4 is 0 Å². The number of benzene rings is 1. The Morgan fingerprint density at radius 2 is 1.75 bits per heavy atom. The van der Waals surface area contributed by atoms with E-state index in [4.69, 9.17) is 0 Å². The third kappa shape index (κ3) is 2.26. The molecule has 0 N–H and O–H groups in total. The molecule has 0 spiro atoms. The predicted molar refractivity (Wildman–Crippen MR) is 73.0 cm³/mol. The summed E-state index contributed by atoms with van der Waals surface area (Å²) in [6.45, 7) is 0. The number of fused-ring (bicyclic) bond motifs is 1. The Kier molecular flexibility index (Phi) is 3.38. The van der Waals surface area contributed by atoms with Crippen LogP contribution in [0, 0.1) is 5.92 Å². The molecule has 1 heterocycles. The van der Waals surface area contributed by atoms with Crippen LogP contribution in [0.5, 0.6) is 0 Å². The molecule has 2 atom stereocenters. The molecule has 4 nitrogen and oxygen atoms in total. The fourth-order valence-electron chi connectivity index (χ4n) is 3.28. The molecule has 2 amide bonds. The van der Waals surface area contributed by atoms with Crippen LogP contribution in [0.25, 0.3) is 0 Å². The number of piperidine rings is 1. The van der Waals surface area contributed by atoms with Gasteiger partial charge in [0, 0.05) is 30.9 Å². The van der Waals surface area contributed by atoms with Gasteiger partial charge >= 0.3 is 0 Å². The molecule has 2 unspecified atom stereocenters. The molecule has 0 bridgehead atoms. The minimum absolute atomic E-state index is 0.144. The Labute approximate surface area is 117 Å². The minimum atomic E-state index is -0.264. The van der Waals surface area contributed by atoms with Crippen LogP contribution in [-0.4, -0.2) is 28.5 Å². The third-order valence-corrected chi connectivity index (χ3v) is 4.34. The van der Waals surface area contributed by atoms with Crippen LogP contribution in [0.3, 0.4) is 0 Å². The largest absolute Gasteiger partial charge is 0.300 e. The molecule has 1 aromatic carbocycles. The minimum Gasteiger partial charge on any atom is -0.300 e. The van der Waals surface area contributed by atoms with Crippen molar-refractivity contribution in [2.24, 2.45) is 5.92 Å². The first-order chi connectivity index (χ1) is 9.66. The smallest absolute Gasteiger partial charge is 0.260 e. The summed E-state index contributed by atoms with van der Waals surface area (Å²) in [6, 6.07) is 8.59. The second-order valence-electron chi connectivity index (χ2n) is 5.58. The van der Waals surface area contributed by atoms with E-state index >= 15 is 0 Å². The van der Waals surface area contributed by atoms with Gasteiger partial charge in [-0.25, -0.2) is 0 Å². The van der Waals surface area contributed by atoms with E-state index in [1.165, 1.54) is 4.90 Å². The first-order valence-corrected chi connectivity index (χ1v) is 7.10. The van der Waals surface area contributed by atoms with Gasteiger partial charge in [-0.1, -0.05) is 18.2 Å². The SMILES string of the molecule is O=C1CCC2CCC(=O)N(C(=O)c3ccccc3)C2C1. The van der Waals surface area contributed by atoms with Crippen LogP contribution >= 0.6 is 0 Å². The van der Waals surface area contributed by atoms with Crippen molar-refractivity contribution >= 4 is 17.6 Å². The van der Waals surface area contributed by atoms with Gasteiger partial charge in [0.15, 0.2) is 0 Å². The summed E-state index contributed by atoms with van der Waals surface area (Å²) in [5, 5.41) is 0. The summed E-state index contributed by atoms with van der Waals surface area (Å²) < 4.78 is 0. The highest BCUT2D eigenvalue weighted by Gasteiger charge is 2.42. The number of rotatable bonds is 1. The van der Waals surface area contributed by atoms with E-state index in [1.807, 2.05) is 6.07 Å². The van der Waals surface area contributed by atoms with Crippen molar-refractivity contribution < 1.29 is 14.4 Å². The van der Waals surface area contributed by atoms with Gasteiger partial charge in [-0.15, -0.1) is 0 Å². The maximum Gasteiger partial charge on any atom is 0.260 e. The molecule has 2 fully saturated rings. The summed E-state index contributed by atoms with van der Waals surface area (Å²) in [6.07, 6.45) is 2.93. The van der Waals surface area contributed by atoms with E-state index < -0.39 is 0 Å². The molecule has 2 aliphatic rings. The van der Waals surface area contributed by atoms with E-state index in [0.29, 0.717) is 24.8 Å². The highest BCUT2D eigenvalue weighted by molar-refractivity contribution is 6.05. The molecular formula is C16H17NO3. The topological polar surface area (TPSA) is 54.5 Å². The van der Waals surface area contributed by atoms with Gasteiger partial charge in [0.25, 0.3) is 5.91 Å². The zero-order valence-electron chi connectivity index (χ0n) is 11.2. The summed E-state index contributed by atoms with van der Waals surface area (Å²) in [7, 11) is 0. The van der Waals surface area contributed by atoms with E-state index in [2.05, 4.69) is 0 Å². The van der Waals surface area contributed by atoms with Gasteiger partial charge in [-0.3, -0.25) is 19.3 Å². The van der Waals surface area contributed by atoms with E-state index in [-0.39, 0.29) is 29.6 Å². The van der Waals surface area contributed by atoms with Gasteiger partial charge in [0.1, 0.15) is 5.78 Å². The number of hydrogen-bond donors (Lipinski definition) is 0. The maximum absolute atomic E-state index is 12.6. The van der Waals surface area contributed by atoms with Crippen LogP contribution in [0.15, 0.2) is 30.3 Å². The highest BCUT2D eigenvalue weighted by Crippen LogP contribution is 2.35. The number of likely N-dealkylation sites (tertiary alicyclic amines) is 1. The van der Waals surface area contributed by atoms with Crippen LogP contribution in [0.2, 0.25) is 0 Å². The predicted octanol–water partition coefficient (Wildman–Crippen LogP) is 2.19. The average molecular weight is 271 g/mol. The molecular weight excluding hydrogens is 254 g/mol. The number of nitrogens with zero attached hydrogens (tertiary/aromatic N) is 1. The van der Waals surface area contributed by atoms with Crippen molar-refractivity contribution in [3.63, 3.8) is 0 Å². The van der Waals surface area contributed by atoms with Crippen molar-refractivity contribution in [3.8, 4) is 0 Å². The second kappa shape index (κ2) is 5.19. The van der Waals surface area contributed by atoms with Gasteiger partial charge in [-0.2, -0.15) is 0 Å². The Morgan fingerprint density at radius 1 is 1.05 bits per heavy atom. The molecule has 0 aromatic heterocycles. The van der Waals surface area contributed by atoms with Gasteiger partial charge in [0.05, 0.1) is 0 Å². The maximum atomic E-state index is 12.6. The first-order valence-electron chi connectivity index (χ1n) is 7.10. The van der Waals surface area contributed by atoms with Crippen LogP contribution in [0.4, 0.5) is 0 Å². The highest BCUT2D eigenvalue weighted by atomic mass is 16.2. The van der Waals surface area contributed by atoms with Crippen LogP contribution in [0.1, 0.15) is 42.5 Å². The van der Waals surface area contributed by atoms with E-state index in [0.717, 1.165) is 12.8 Å². The summed E-state index contributed by atoms with van der Waals surface area (Å²) >= 11 is 0. The van der Waals surface area contributed by atoms with Crippen molar-refractivity contribution in [1.82, 2.24) is 4.90 Å². The normalized spacial score (nSPS) is 26.3. The van der Waals surface area contributed by atoms with E-state index in [9.17, 15) is 14.4 Å². The Morgan fingerprint density at radius 3 is 2.50 bits per heavy atom. The van der Waals surface area contributed by atoms with Crippen molar-refractivity contribution in [2.45, 2.75) is 38.1 Å². The zero-order valence-corrected chi connectivity index (χ0v) is 11.2. The lowest BCUT2D eigenvalue weighted by Crippen LogP contribution is -2.53. The summed E-state index contributed by atoms with van der Waals surface area (Å²) in [5.74, 6) is 0.0414. The van der Waals surface area contributed by atoms with Crippen molar-refractivity contribution in [3.05, 3.63) is 35.9 Å². The molecule has 3 rings (SSSR count). The molecule has 0 radical (unpaired) electrons. The number of imide groups is 1. The monoisotopic (exact) mass is 271 g/mol. The molecule has 1 aromatic rings. The van der Waals surface area contributed by atoms with Gasteiger partial charge in [0.2, 0.25) is 5.91 Å². The number of carbonyl (C=O) groups excluding carboxylic acids is 3. The number of ketones is 1. The molecule has 1 aliphatic heterocycles. The van der Waals surface area contributed by atoms with Crippen molar-refractivity contribution in [2.75, 3.05) is 0 Å². The average Bonchev–Trinajstić information content (AvgIpc) is 2.47. The number of carbonyl (C=O) groups is 3. The Hall–Kier alpha value is -1.97. The summed E-state index contributed by atoms with van der Waals surface area (Å²) in [4.78, 5) is 37.8. The molecule has 20 heavy (non-hydrogen) atoms. The third-order valence-electron chi connectivity index (χ3n) is 4.34. The first kappa shape index (κ1) is 13.0. The number of hydrogen-bond acceptors (Lipinski definition) is 3. The second-order valence-corrected chi connectivity index (χ2v) is 5.58. The lowest BCUT2D eigenvalue weighted by molar-refractivity contribution is -0.138. The number of amides is 2. The zero-order chi connectivity index (χ0) is 14.1.